The van der Waals surface area contributed by atoms with Crippen molar-refractivity contribution in [3.05, 3.63) is 87.6 Å². The van der Waals surface area contributed by atoms with Crippen molar-refractivity contribution >= 4 is 32.4 Å². The molecule has 1 aromatic heterocycles. The molecule has 4 rings (SSSR count). The molecular weight excluding hydrogens is 402 g/mol. The summed E-state index contributed by atoms with van der Waals surface area (Å²) in [5.74, 6) is -0.523. The van der Waals surface area contributed by atoms with Gasteiger partial charge in [-0.25, -0.2) is 13.2 Å². The first-order valence-corrected chi connectivity index (χ1v) is 11.3. The molecule has 1 aliphatic rings. The van der Waals surface area contributed by atoms with Crippen molar-refractivity contribution in [2.75, 3.05) is 10.7 Å². The molecule has 30 heavy (non-hydrogen) atoms. The van der Waals surface area contributed by atoms with E-state index in [1.54, 1.807) is 36.4 Å². The summed E-state index contributed by atoms with van der Waals surface area (Å²) in [6.07, 6.45) is 1.48. The number of para-hydroxylation sites is 1. The van der Waals surface area contributed by atoms with Gasteiger partial charge in [0.15, 0.2) is 9.84 Å². The van der Waals surface area contributed by atoms with Gasteiger partial charge in [0.05, 0.1) is 11.8 Å². The van der Waals surface area contributed by atoms with E-state index in [9.17, 15) is 18.0 Å². The highest BCUT2D eigenvalue weighted by Crippen LogP contribution is 2.27. The van der Waals surface area contributed by atoms with E-state index in [1.807, 2.05) is 12.1 Å². The predicted molar refractivity (Wildman–Crippen MR) is 117 cm³/mol. The van der Waals surface area contributed by atoms with Gasteiger partial charge in [-0.1, -0.05) is 44.2 Å². The first-order valence-electron chi connectivity index (χ1n) is 9.62. The second-order valence-electron chi connectivity index (χ2n) is 7.63. The van der Waals surface area contributed by atoms with Crippen molar-refractivity contribution in [2.45, 2.75) is 25.8 Å². The van der Waals surface area contributed by atoms with E-state index in [2.05, 4.69) is 13.8 Å². The highest BCUT2D eigenvalue weighted by molar-refractivity contribution is 7.94. The summed E-state index contributed by atoms with van der Waals surface area (Å²) < 4.78 is 29.3. The fraction of sp³-hybridized carbons (Fsp3) is 0.217. The first-order chi connectivity index (χ1) is 14.2. The van der Waals surface area contributed by atoms with Gasteiger partial charge in [0.1, 0.15) is 11.1 Å². The molecule has 3 aromatic rings. The Morgan fingerprint density at radius 3 is 2.43 bits per heavy atom. The number of amides is 1. The number of hydrogen-bond acceptors (Lipinski definition) is 5. The predicted octanol–water partition coefficient (Wildman–Crippen LogP) is 3.87. The van der Waals surface area contributed by atoms with Crippen LogP contribution in [0.1, 0.15) is 35.7 Å². The van der Waals surface area contributed by atoms with Crippen LogP contribution in [0.15, 0.2) is 75.3 Å². The molecule has 1 unspecified atom stereocenters. The SMILES string of the molecule is CC(C)c1ccc(N(C(=O)c2cc3ccccc3oc2=O)C2C=CS(=O)(=O)C2)cc1. The van der Waals surface area contributed by atoms with Crippen molar-refractivity contribution in [3.63, 3.8) is 0 Å². The van der Waals surface area contributed by atoms with Gasteiger partial charge in [0, 0.05) is 16.5 Å². The molecule has 0 N–H and O–H groups in total. The Hall–Kier alpha value is -3.19. The van der Waals surface area contributed by atoms with Gasteiger partial charge in [-0.15, -0.1) is 0 Å². The van der Waals surface area contributed by atoms with Crippen molar-refractivity contribution in [1.82, 2.24) is 0 Å². The molecule has 0 radical (unpaired) electrons. The number of sulfone groups is 1. The average Bonchev–Trinajstić information content (AvgIpc) is 3.07. The normalized spacial score (nSPS) is 17.5. The Labute approximate surface area is 174 Å². The smallest absolute Gasteiger partial charge is 0.349 e. The van der Waals surface area contributed by atoms with E-state index < -0.39 is 27.4 Å². The maximum atomic E-state index is 13.5. The third-order valence-electron chi connectivity index (χ3n) is 5.17. The molecule has 0 fully saturated rings. The third-order valence-corrected chi connectivity index (χ3v) is 6.55. The molecule has 0 spiro atoms. The van der Waals surface area contributed by atoms with Gasteiger partial charge < -0.3 is 9.32 Å². The van der Waals surface area contributed by atoms with Gasteiger partial charge in [-0.05, 0) is 41.8 Å². The largest absolute Gasteiger partial charge is 0.422 e. The van der Waals surface area contributed by atoms with Crippen LogP contribution >= 0.6 is 0 Å². The Bertz CT molecular complexity index is 1300. The molecule has 2 aromatic carbocycles. The Kier molecular flexibility index (Phi) is 5.07. The molecule has 0 saturated carbocycles. The lowest BCUT2D eigenvalue weighted by molar-refractivity contribution is 0.0979. The minimum absolute atomic E-state index is 0.140. The van der Waals surface area contributed by atoms with Crippen molar-refractivity contribution in [2.24, 2.45) is 0 Å². The zero-order valence-corrected chi connectivity index (χ0v) is 17.4. The minimum atomic E-state index is -3.41. The monoisotopic (exact) mass is 423 g/mol. The van der Waals surface area contributed by atoms with Gasteiger partial charge in [0.25, 0.3) is 5.91 Å². The van der Waals surface area contributed by atoms with E-state index in [0.29, 0.717) is 22.6 Å². The third kappa shape index (κ3) is 3.80. The number of nitrogens with zero attached hydrogens (tertiary/aromatic N) is 1. The second kappa shape index (κ2) is 7.57. The zero-order chi connectivity index (χ0) is 21.5. The maximum Gasteiger partial charge on any atom is 0.349 e. The summed E-state index contributed by atoms with van der Waals surface area (Å²) in [5.41, 5.74) is 1.09. The number of hydrogen-bond donors (Lipinski definition) is 0. The number of carbonyl (C=O) groups excluding carboxylic acids is 1. The molecule has 7 heteroatoms. The van der Waals surface area contributed by atoms with E-state index in [-0.39, 0.29) is 11.3 Å². The van der Waals surface area contributed by atoms with Crippen LogP contribution in [0.2, 0.25) is 0 Å². The second-order valence-corrected chi connectivity index (χ2v) is 9.56. The highest BCUT2D eigenvalue weighted by Gasteiger charge is 2.33. The Morgan fingerprint density at radius 2 is 1.80 bits per heavy atom. The maximum absolute atomic E-state index is 13.5. The molecule has 154 valence electrons. The summed E-state index contributed by atoms with van der Waals surface area (Å²) in [5, 5.41) is 1.73. The van der Waals surface area contributed by atoms with Crippen LogP contribution in [0.3, 0.4) is 0 Å². The van der Waals surface area contributed by atoms with E-state index >= 15 is 0 Å². The van der Waals surface area contributed by atoms with E-state index in [1.165, 1.54) is 17.0 Å². The van der Waals surface area contributed by atoms with Gasteiger partial charge in [-0.2, -0.15) is 0 Å². The summed E-state index contributed by atoms with van der Waals surface area (Å²) in [6.45, 7) is 4.12. The molecule has 1 amide bonds. The summed E-state index contributed by atoms with van der Waals surface area (Å²) in [7, 11) is -3.41. The minimum Gasteiger partial charge on any atom is -0.422 e. The van der Waals surface area contributed by atoms with E-state index in [4.69, 9.17) is 4.42 Å². The molecule has 0 aliphatic carbocycles. The number of benzene rings is 2. The lowest BCUT2D eigenvalue weighted by Gasteiger charge is -2.27. The molecule has 1 aliphatic heterocycles. The molecular formula is C23H21NO5S. The lowest BCUT2D eigenvalue weighted by atomic mass is 10.0. The standard InChI is InChI=1S/C23H21NO5S/c1-15(2)16-7-9-18(10-8-16)24(19-11-12-30(27,28)14-19)22(25)20-13-17-5-3-4-6-21(17)29-23(20)26/h3-13,15,19H,14H2,1-2H3. The molecule has 1 atom stereocenters. The molecule has 0 saturated heterocycles. The van der Waals surface area contributed by atoms with Crippen molar-refractivity contribution in [3.8, 4) is 0 Å². The van der Waals surface area contributed by atoms with Crippen molar-refractivity contribution in [1.29, 1.82) is 0 Å². The summed E-state index contributed by atoms with van der Waals surface area (Å²) in [4.78, 5) is 27.4. The summed E-state index contributed by atoms with van der Waals surface area (Å²) in [6, 6.07) is 15.0. The quantitative estimate of drug-likeness (QED) is 0.595. The summed E-state index contributed by atoms with van der Waals surface area (Å²) >= 11 is 0. The first kappa shape index (κ1) is 20.1. The average molecular weight is 423 g/mol. The van der Waals surface area contributed by atoms with Crippen LogP contribution in [-0.4, -0.2) is 26.1 Å². The Balaban J connectivity index is 1.81. The number of carbonyl (C=O) groups is 1. The van der Waals surface area contributed by atoms with Gasteiger partial charge in [-0.3, -0.25) is 4.79 Å². The highest BCUT2D eigenvalue weighted by atomic mass is 32.2. The lowest BCUT2D eigenvalue weighted by Crippen LogP contribution is -2.42. The van der Waals surface area contributed by atoms with Crippen LogP contribution in [0.25, 0.3) is 11.0 Å². The van der Waals surface area contributed by atoms with Crippen LogP contribution in [0.4, 0.5) is 5.69 Å². The fourth-order valence-corrected chi connectivity index (χ4v) is 4.81. The number of anilines is 1. The van der Waals surface area contributed by atoms with Gasteiger partial charge in [0.2, 0.25) is 0 Å². The number of fused-ring (bicyclic) bond motifs is 1. The fourth-order valence-electron chi connectivity index (χ4n) is 3.54. The van der Waals surface area contributed by atoms with Crippen LogP contribution < -0.4 is 10.5 Å². The van der Waals surface area contributed by atoms with Crippen LogP contribution in [0, 0.1) is 0 Å². The van der Waals surface area contributed by atoms with Crippen LogP contribution in [0.5, 0.6) is 0 Å². The van der Waals surface area contributed by atoms with Crippen molar-refractivity contribution < 1.29 is 17.6 Å². The van der Waals surface area contributed by atoms with Gasteiger partial charge >= 0.3 is 5.63 Å². The van der Waals surface area contributed by atoms with Crippen LogP contribution in [-0.2, 0) is 9.84 Å². The molecule has 2 heterocycles. The number of rotatable bonds is 4. The topological polar surface area (TPSA) is 84.7 Å². The van der Waals surface area contributed by atoms with E-state index in [0.717, 1.165) is 11.0 Å². The zero-order valence-electron chi connectivity index (χ0n) is 16.6. The molecule has 6 nitrogen and oxygen atoms in total. The Morgan fingerprint density at radius 1 is 1.10 bits per heavy atom. The molecule has 0 bridgehead atoms.